The molecule has 1 aromatic heterocycles. The summed E-state index contributed by atoms with van der Waals surface area (Å²) >= 11 is 0. The number of carbonyl (C=O) groups excluding carboxylic acids is 1. The van der Waals surface area contributed by atoms with E-state index in [0.717, 1.165) is 5.69 Å². The maximum absolute atomic E-state index is 12.0. The molecule has 0 saturated carbocycles. The SMILES string of the molecule is NCCC1OCCN(Cc2ccccn2)C1=O. The van der Waals surface area contributed by atoms with Crippen LogP contribution in [-0.4, -0.2) is 41.6 Å². The molecule has 1 aromatic rings. The molecule has 0 aromatic carbocycles. The standard InChI is InChI=1S/C12H17N3O2/c13-5-4-11-12(16)15(7-8-17-11)9-10-3-1-2-6-14-10/h1-3,6,11H,4-5,7-9,13H2. The maximum atomic E-state index is 12.0. The van der Waals surface area contributed by atoms with Gasteiger partial charge in [-0.25, -0.2) is 0 Å². The van der Waals surface area contributed by atoms with E-state index in [0.29, 0.717) is 32.7 Å². The lowest BCUT2D eigenvalue weighted by Gasteiger charge is -2.32. The Morgan fingerprint density at radius 3 is 3.12 bits per heavy atom. The molecule has 1 unspecified atom stereocenters. The van der Waals surface area contributed by atoms with Crippen LogP contribution in [0.25, 0.3) is 0 Å². The number of morpholine rings is 1. The first-order valence-corrected chi connectivity index (χ1v) is 5.81. The Morgan fingerprint density at radius 2 is 2.41 bits per heavy atom. The van der Waals surface area contributed by atoms with Gasteiger partial charge in [0.1, 0.15) is 6.10 Å². The molecule has 0 aliphatic carbocycles. The van der Waals surface area contributed by atoms with E-state index in [4.69, 9.17) is 10.5 Å². The number of ether oxygens (including phenoxy) is 1. The topological polar surface area (TPSA) is 68.5 Å². The van der Waals surface area contributed by atoms with Crippen LogP contribution in [0.1, 0.15) is 12.1 Å². The molecular weight excluding hydrogens is 218 g/mol. The van der Waals surface area contributed by atoms with Crippen LogP contribution in [0.2, 0.25) is 0 Å². The normalized spacial score (nSPS) is 20.6. The number of hydrogen-bond acceptors (Lipinski definition) is 4. The van der Waals surface area contributed by atoms with Gasteiger partial charge in [-0.3, -0.25) is 9.78 Å². The zero-order valence-corrected chi connectivity index (χ0v) is 9.71. The molecule has 0 spiro atoms. The van der Waals surface area contributed by atoms with Crippen molar-refractivity contribution in [1.82, 2.24) is 9.88 Å². The average molecular weight is 235 g/mol. The molecule has 0 radical (unpaired) electrons. The Balaban J connectivity index is 1.98. The van der Waals surface area contributed by atoms with E-state index in [1.807, 2.05) is 18.2 Å². The summed E-state index contributed by atoms with van der Waals surface area (Å²) < 4.78 is 5.41. The number of nitrogens with zero attached hydrogens (tertiary/aromatic N) is 2. The summed E-state index contributed by atoms with van der Waals surface area (Å²) in [7, 11) is 0. The van der Waals surface area contributed by atoms with Gasteiger partial charge < -0.3 is 15.4 Å². The largest absolute Gasteiger partial charge is 0.366 e. The first kappa shape index (κ1) is 12.0. The second-order valence-electron chi connectivity index (χ2n) is 4.02. The molecule has 2 heterocycles. The van der Waals surface area contributed by atoms with E-state index in [1.54, 1.807) is 11.1 Å². The quantitative estimate of drug-likeness (QED) is 0.807. The smallest absolute Gasteiger partial charge is 0.252 e. The van der Waals surface area contributed by atoms with E-state index in [9.17, 15) is 4.79 Å². The molecule has 1 amide bonds. The minimum absolute atomic E-state index is 0.0207. The maximum Gasteiger partial charge on any atom is 0.252 e. The minimum atomic E-state index is -0.377. The van der Waals surface area contributed by atoms with E-state index >= 15 is 0 Å². The van der Waals surface area contributed by atoms with Crippen LogP contribution in [0.3, 0.4) is 0 Å². The Bertz CT molecular complexity index is 367. The van der Waals surface area contributed by atoms with Crippen molar-refractivity contribution in [2.75, 3.05) is 19.7 Å². The lowest BCUT2D eigenvalue weighted by Crippen LogP contribution is -2.47. The fraction of sp³-hybridized carbons (Fsp3) is 0.500. The number of aromatic nitrogens is 1. The molecule has 92 valence electrons. The molecule has 1 atom stereocenters. The van der Waals surface area contributed by atoms with Gasteiger partial charge >= 0.3 is 0 Å². The highest BCUT2D eigenvalue weighted by atomic mass is 16.5. The van der Waals surface area contributed by atoms with Gasteiger partial charge in [0.15, 0.2) is 0 Å². The van der Waals surface area contributed by atoms with Crippen LogP contribution in [0, 0.1) is 0 Å². The van der Waals surface area contributed by atoms with Gasteiger partial charge in [0.25, 0.3) is 5.91 Å². The molecule has 1 aliphatic heterocycles. The van der Waals surface area contributed by atoms with E-state index in [2.05, 4.69) is 4.98 Å². The van der Waals surface area contributed by atoms with Crippen molar-refractivity contribution in [2.45, 2.75) is 19.1 Å². The molecule has 2 N–H and O–H groups in total. The Kier molecular flexibility index (Phi) is 4.06. The zero-order valence-electron chi connectivity index (χ0n) is 9.71. The summed E-state index contributed by atoms with van der Waals surface area (Å²) in [6.07, 6.45) is 1.94. The Labute approximate surface area is 101 Å². The number of rotatable bonds is 4. The van der Waals surface area contributed by atoms with Crippen LogP contribution in [0.15, 0.2) is 24.4 Å². The summed E-state index contributed by atoms with van der Waals surface area (Å²) in [4.78, 5) is 18.0. The minimum Gasteiger partial charge on any atom is -0.366 e. The van der Waals surface area contributed by atoms with Gasteiger partial charge in [-0.1, -0.05) is 6.07 Å². The third-order valence-electron chi connectivity index (χ3n) is 2.78. The molecule has 1 saturated heterocycles. The van der Waals surface area contributed by atoms with Gasteiger partial charge in [0.2, 0.25) is 0 Å². The monoisotopic (exact) mass is 235 g/mol. The van der Waals surface area contributed by atoms with Gasteiger partial charge in [-0.05, 0) is 25.1 Å². The van der Waals surface area contributed by atoms with E-state index in [-0.39, 0.29) is 12.0 Å². The van der Waals surface area contributed by atoms with Crippen molar-refractivity contribution in [1.29, 1.82) is 0 Å². The van der Waals surface area contributed by atoms with Crippen LogP contribution < -0.4 is 5.73 Å². The van der Waals surface area contributed by atoms with Crippen LogP contribution >= 0.6 is 0 Å². The molecule has 0 bridgehead atoms. The fourth-order valence-corrected chi connectivity index (χ4v) is 1.89. The van der Waals surface area contributed by atoms with Crippen molar-refractivity contribution in [3.05, 3.63) is 30.1 Å². The summed E-state index contributed by atoms with van der Waals surface area (Å²) in [5.74, 6) is 0.0207. The summed E-state index contributed by atoms with van der Waals surface area (Å²) in [5.41, 5.74) is 6.35. The number of pyridine rings is 1. The molecular formula is C12H17N3O2. The number of nitrogens with two attached hydrogens (primary N) is 1. The molecule has 5 nitrogen and oxygen atoms in total. The van der Waals surface area contributed by atoms with Crippen molar-refractivity contribution in [2.24, 2.45) is 5.73 Å². The Hall–Kier alpha value is -1.46. The number of amides is 1. The second kappa shape index (κ2) is 5.75. The highest BCUT2D eigenvalue weighted by Gasteiger charge is 2.28. The molecule has 5 heteroatoms. The number of carbonyl (C=O) groups is 1. The molecule has 1 aliphatic rings. The predicted octanol–water partition coefficient (Wildman–Crippen LogP) is 0.158. The van der Waals surface area contributed by atoms with Crippen LogP contribution in [0.5, 0.6) is 0 Å². The van der Waals surface area contributed by atoms with Crippen molar-refractivity contribution >= 4 is 5.91 Å². The third-order valence-corrected chi connectivity index (χ3v) is 2.78. The summed E-state index contributed by atoms with van der Waals surface area (Å²) in [5, 5.41) is 0. The predicted molar refractivity (Wildman–Crippen MR) is 63.1 cm³/mol. The lowest BCUT2D eigenvalue weighted by atomic mass is 10.2. The lowest BCUT2D eigenvalue weighted by molar-refractivity contribution is -0.154. The van der Waals surface area contributed by atoms with Gasteiger partial charge in [0.05, 0.1) is 18.8 Å². The first-order valence-electron chi connectivity index (χ1n) is 5.81. The van der Waals surface area contributed by atoms with Gasteiger partial charge in [-0.15, -0.1) is 0 Å². The first-order chi connectivity index (χ1) is 8.31. The molecule has 17 heavy (non-hydrogen) atoms. The van der Waals surface area contributed by atoms with Gasteiger partial charge in [0, 0.05) is 12.7 Å². The fourth-order valence-electron chi connectivity index (χ4n) is 1.89. The molecule has 2 rings (SSSR count). The number of hydrogen-bond donors (Lipinski definition) is 1. The van der Waals surface area contributed by atoms with Crippen LogP contribution in [-0.2, 0) is 16.1 Å². The third kappa shape index (κ3) is 3.01. The summed E-state index contributed by atoms with van der Waals surface area (Å²) in [6, 6.07) is 5.70. The highest BCUT2D eigenvalue weighted by Crippen LogP contribution is 2.12. The second-order valence-corrected chi connectivity index (χ2v) is 4.02. The van der Waals surface area contributed by atoms with E-state index < -0.39 is 0 Å². The summed E-state index contributed by atoms with van der Waals surface area (Å²) in [6.45, 7) is 2.21. The van der Waals surface area contributed by atoms with Crippen molar-refractivity contribution in [3.63, 3.8) is 0 Å². The van der Waals surface area contributed by atoms with Gasteiger partial charge in [-0.2, -0.15) is 0 Å². The Morgan fingerprint density at radius 1 is 1.53 bits per heavy atom. The molecule has 1 fully saturated rings. The zero-order chi connectivity index (χ0) is 12.1. The van der Waals surface area contributed by atoms with Crippen molar-refractivity contribution in [3.8, 4) is 0 Å². The highest BCUT2D eigenvalue weighted by molar-refractivity contribution is 5.81. The van der Waals surface area contributed by atoms with Crippen LogP contribution in [0.4, 0.5) is 0 Å². The van der Waals surface area contributed by atoms with Crippen molar-refractivity contribution < 1.29 is 9.53 Å². The average Bonchev–Trinajstić information content (AvgIpc) is 2.36. The van der Waals surface area contributed by atoms with E-state index in [1.165, 1.54) is 0 Å².